The Kier molecular flexibility index (Phi) is 32.6. The third-order valence-corrected chi connectivity index (χ3v) is 20.1. The van der Waals surface area contributed by atoms with Crippen molar-refractivity contribution < 1.29 is 47.9 Å². The maximum atomic E-state index is 15.6. The minimum absolute atomic E-state index is 0.00913. The van der Waals surface area contributed by atoms with Crippen LogP contribution in [-0.2, 0) is 73.6 Å². The van der Waals surface area contributed by atoms with Crippen molar-refractivity contribution in [2.75, 3.05) is 31.9 Å². The van der Waals surface area contributed by atoms with Crippen LogP contribution < -0.4 is 92.9 Å². The van der Waals surface area contributed by atoms with Crippen LogP contribution in [0, 0.1) is 16.7 Å². The van der Waals surface area contributed by atoms with Gasteiger partial charge in [-0.3, -0.25) is 58.8 Å². The molecule has 0 radical (unpaired) electrons. The molecule has 0 fully saturated rings. The van der Waals surface area contributed by atoms with Gasteiger partial charge in [-0.05, 0) is 130 Å². The number of rotatable bonds is 46. The summed E-state index contributed by atoms with van der Waals surface area (Å²) in [5, 5.41) is 49.3. The molecule has 0 saturated heterocycles. The van der Waals surface area contributed by atoms with Crippen LogP contribution in [0.15, 0.2) is 122 Å². The molecule has 10 amide bonds. The third kappa shape index (κ3) is 24.8. The van der Waals surface area contributed by atoms with Crippen molar-refractivity contribution in [2.45, 2.75) is 171 Å². The Morgan fingerprint density at radius 2 is 0.667 bits per heavy atom. The lowest BCUT2D eigenvalue weighted by Crippen LogP contribution is -2.61. The van der Waals surface area contributed by atoms with E-state index in [1.807, 2.05) is 91.0 Å². The number of nitrogens with one attached hydrogen (secondary N) is 17. The summed E-state index contributed by atoms with van der Waals surface area (Å²) in [6, 6.07) is 15.9. The standard InChI is InChI=1S/C77H107N23O10S/c1-3-43(2)65(75(110)95-60(29-17-33-87-77(84)85)69(104)96-61(66(81)101)34-44-38-88-53-22-8-4-18-48(44)53)100-74(109)64(37-47-41-91-56-25-11-7-21-51(47)56)98-70(105)58(27-13-15-31-79)94-72(107)62(35-45-39-89-54-23-9-5-19-49(45)54)99-73(108)63(36-46-40-90-55-24-10-6-20-50(46)55)97-71(106)59(28-16-32-86-76(82)83)93-68(103)57(26-12-14-30-78)92-67(102)52(80)42-111/h4-11,18-25,38-41,43,52,57-65,88-91,111H,3,12-17,26-37,42,78-80H2,1-2H3,(H2,81,101)(H,92,102)(H,93,103)(H,94,107)(H,95,110)(H,96,104)(H,97,106)(H,98,105)(H,99,108)(H,100,109)(H4,82,83,86)(H4,84,85,87)/t43-,52-,57-,58-,59-,60-,61-,62-,63-,64-,65-/m0/s1. The van der Waals surface area contributed by atoms with Gasteiger partial charge in [0.25, 0.3) is 0 Å². The number of unbranched alkanes of at least 4 members (excludes halogenated alkanes) is 2. The highest BCUT2D eigenvalue weighted by Crippen LogP contribution is 2.25. The lowest BCUT2D eigenvalue weighted by atomic mass is 9.96. The number of benzene rings is 4. The SMILES string of the molecule is CC[C@H](C)[C@H](NC(=O)[C@H](Cc1c[nH]c2ccccc12)NC(=O)[C@H](CCCCN)NC(=O)[C@H](Cc1c[nH]c2ccccc12)NC(=O)[C@H](Cc1c[nH]c2ccccc12)NC(=O)[C@H](CCCNC(=N)N)NC(=O)[C@H](CCCCN)NC(=O)[C@@H](N)CS)C(=O)N[C@@H](CCCNC(=N)N)C(=O)N[C@@H](Cc1c[nH]c2ccccc12)C(N)=O. The Morgan fingerprint density at radius 1 is 0.387 bits per heavy atom. The topological polar surface area (TPSA) is 570 Å². The average molecular weight is 1550 g/mol. The molecule has 0 aliphatic rings. The molecule has 0 aliphatic carbocycles. The Labute approximate surface area is 648 Å². The van der Waals surface area contributed by atoms with E-state index in [-0.39, 0.29) is 108 Å². The van der Waals surface area contributed by atoms with Gasteiger partial charge in [0.1, 0.15) is 54.4 Å². The maximum Gasteiger partial charge on any atom is 0.243 e. The van der Waals surface area contributed by atoms with Gasteiger partial charge in [-0.25, -0.2) is 0 Å². The van der Waals surface area contributed by atoms with Crippen molar-refractivity contribution >= 4 is 127 Å². The Morgan fingerprint density at radius 3 is 0.982 bits per heavy atom. The van der Waals surface area contributed by atoms with E-state index in [9.17, 15) is 24.0 Å². The van der Waals surface area contributed by atoms with Crippen LogP contribution in [0.3, 0.4) is 0 Å². The predicted octanol–water partition coefficient (Wildman–Crippen LogP) is 0.819. The molecule has 4 aromatic carbocycles. The van der Waals surface area contributed by atoms with Crippen molar-refractivity contribution in [1.82, 2.24) is 78.4 Å². The number of hydrogen-bond donors (Lipinski definition) is 24. The zero-order valence-electron chi connectivity index (χ0n) is 62.5. The molecule has 8 aromatic rings. The first-order chi connectivity index (χ1) is 53.4. The van der Waals surface area contributed by atoms with Gasteiger partial charge in [0, 0.05) is 113 Å². The van der Waals surface area contributed by atoms with E-state index >= 15 is 24.0 Å². The van der Waals surface area contributed by atoms with Crippen molar-refractivity contribution in [3.8, 4) is 0 Å². The number of carbonyl (C=O) groups excluding carboxylic acids is 10. The molecule has 0 aliphatic heterocycles. The Balaban J connectivity index is 1.10. The fourth-order valence-corrected chi connectivity index (χ4v) is 13.4. The third-order valence-electron chi connectivity index (χ3n) is 19.7. The molecule has 111 heavy (non-hydrogen) atoms. The largest absolute Gasteiger partial charge is 0.370 e. The summed E-state index contributed by atoms with van der Waals surface area (Å²) in [6.07, 6.45) is 8.64. The van der Waals surface area contributed by atoms with E-state index in [1.165, 1.54) is 0 Å². The lowest BCUT2D eigenvalue weighted by molar-refractivity contribution is -0.136. The highest BCUT2D eigenvalue weighted by molar-refractivity contribution is 7.80. The van der Waals surface area contributed by atoms with Crippen LogP contribution in [0.5, 0.6) is 0 Å². The molecule has 33 nitrogen and oxygen atoms in total. The number of fused-ring (bicyclic) bond motifs is 4. The van der Waals surface area contributed by atoms with Crippen LogP contribution in [0.4, 0.5) is 0 Å². The van der Waals surface area contributed by atoms with Crippen molar-refractivity contribution in [2.24, 2.45) is 40.3 Å². The number of primary amides is 1. The zero-order valence-corrected chi connectivity index (χ0v) is 63.4. The molecule has 596 valence electrons. The molecule has 0 bridgehead atoms. The molecular formula is C77H107N23O10S. The first kappa shape index (κ1) is 85.1. The number of nitrogens with two attached hydrogens (primary N) is 6. The summed E-state index contributed by atoms with van der Waals surface area (Å²) >= 11 is 4.15. The summed E-state index contributed by atoms with van der Waals surface area (Å²) in [5.41, 5.74) is 40.4. The minimum Gasteiger partial charge on any atom is -0.370 e. The van der Waals surface area contributed by atoms with E-state index in [1.54, 1.807) is 44.7 Å². The number of aromatic nitrogens is 4. The average Bonchev–Trinajstić information content (AvgIpc) is 1.73. The van der Waals surface area contributed by atoms with Gasteiger partial charge >= 0.3 is 0 Å². The van der Waals surface area contributed by atoms with Gasteiger partial charge in [0.2, 0.25) is 59.1 Å². The van der Waals surface area contributed by atoms with Crippen LogP contribution >= 0.6 is 12.6 Å². The highest BCUT2D eigenvalue weighted by Gasteiger charge is 2.38. The van der Waals surface area contributed by atoms with Gasteiger partial charge in [0.05, 0.1) is 6.04 Å². The normalized spacial score (nSPS) is 14.4. The van der Waals surface area contributed by atoms with Crippen LogP contribution in [0.2, 0.25) is 0 Å². The molecule has 29 N–H and O–H groups in total. The second-order valence-electron chi connectivity index (χ2n) is 27.8. The van der Waals surface area contributed by atoms with Gasteiger partial charge < -0.3 is 113 Å². The molecule has 0 saturated carbocycles. The molecule has 8 rings (SSSR count). The molecule has 4 heterocycles. The van der Waals surface area contributed by atoms with Gasteiger partial charge in [-0.2, -0.15) is 12.6 Å². The number of H-pyrrole nitrogens is 4. The number of hydrogen-bond acceptors (Lipinski definition) is 16. The van der Waals surface area contributed by atoms with E-state index in [2.05, 4.69) is 91.0 Å². The number of guanidine groups is 2. The summed E-state index contributed by atoms with van der Waals surface area (Å²) in [7, 11) is 0. The number of amides is 10. The summed E-state index contributed by atoms with van der Waals surface area (Å²) < 4.78 is 0. The van der Waals surface area contributed by atoms with Crippen LogP contribution in [0.25, 0.3) is 43.6 Å². The molecule has 34 heteroatoms. The number of para-hydroxylation sites is 4. The van der Waals surface area contributed by atoms with Crippen molar-refractivity contribution in [3.63, 3.8) is 0 Å². The monoisotopic (exact) mass is 1550 g/mol. The van der Waals surface area contributed by atoms with Crippen LogP contribution in [-0.4, -0.2) is 183 Å². The Hall–Kier alpha value is -11.5. The van der Waals surface area contributed by atoms with Crippen molar-refractivity contribution in [1.29, 1.82) is 10.8 Å². The summed E-state index contributed by atoms with van der Waals surface area (Å²) in [5.74, 6) is -9.19. The van der Waals surface area contributed by atoms with Gasteiger partial charge in [0.15, 0.2) is 11.9 Å². The predicted molar refractivity (Wildman–Crippen MR) is 430 cm³/mol. The van der Waals surface area contributed by atoms with E-state index in [0.717, 1.165) is 21.8 Å². The molecule has 0 unspecified atom stereocenters. The van der Waals surface area contributed by atoms with Crippen molar-refractivity contribution in [3.05, 3.63) is 144 Å². The minimum atomic E-state index is -1.50. The second-order valence-corrected chi connectivity index (χ2v) is 28.2. The van der Waals surface area contributed by atoms with E-state index in [4.69, 9.17) is 45.2 Å². The molecule has 0 spiro atoms. The Bertz CT molecular complexity index is 4520. The second kappa shape index (κ2) is 42.5. The van der Waals surface area contributed by atoms with E-state index < -0.39 is 125 Å². The highest BCUT2D eigenvalue weighted by atomic mass is 32.1. The number of aromatic amines is 4. The summed E-state index contributed by atoms with van der Waals surface area (Å²) in [6.45, 7) is 4.29. The van der Waals surface area contributed by atoms with Gasteiger partial charge in [-0.15, -0.1) is 0 Å². The smallest absolute Gasteiger partial charge is 0.243 e. The zero-order chi connectivity index (χ0) is 80.1. The van der Waals surface area contributed by atoms with E-state index in [0.29, 0.717) is 76.3 Å². The summed E-state index contributed by atoms with van der Waals surface area (Å²) in [4.78, 5) is 160. The fourth-order valence-electron chi connectivity index (χ4n) is 13.3. The lowest BCUT2D eigenvalue weighted by Gasteiger charge is -2.30. The first-order valence-electron chi connectivity index (χ1n) is 37.5. The fraction of sp³-hybridized carbons (Fsp3) is 0.429. The van der Waals surface area contributed by atoms with Crippen LogP contribution in [0.1, 0.15) is 107 Å². The van der Waals surface area contributed by atoms with Gasteiger partial charge in [-0.1, -0.05) is 93.1 Å². The number of thiol groups is 1. The first-order valence-corrected chi connectivity index (χ1v) is 38.2. The maximum absolute atomic E-state index is 15.6. The quantitative estimate of drug-likeness (QED) is 0.0109. The molecule has 11 atom stereocenters. The molecular weight excluding hydrogens is 1440 g/mol. The molecule has 4 aromatic heterocycles. The number of carbonyl (C=O) groups is 10.